The zero-order valence-electron chi connectivity index (χ0n) is 7.14. The summed E-state index contributed by atoms with van der Waals surface area (Å²) >= 11 is -1.88. The van der Waals surface area contributed by atoms with E-state index in [9.17, 15) is 4.79 Å². The van der Waals surface area contributed by atoms with Crippen LogP contribution in [0.2, 0.25) is 18.8 Å². The standard InChI is InChI=1S/C4H7O2.3CH3.Sn/c1-2-3-4(5)6;;;;/h2H,3H2,1H3,(H,5,6);3*1H3;. The van der Waals surface area contributed by atoms with Gasteiger partial charge in [-0.2, -0.15) is 0 Å². The van der Waals surface area contributed by atoms with Gasteiger partial charge >= 0.3 is 66.3 Å². The van der Waals surface area contributed by atoms with Crippen molar-refractivity contribution in [1.29, 1.82) is 0 Å². The number of hydrogen-bond acceptors (Lipinski definition) is 1. The van der Waals surface area contributed by atoms with Crippen LogP contribution in [-0.4, -0.2) is 29.5 Å². The van der Waals surface area contributed by atoms with Gasteiger partial charge in [0.25, 0.3) is 0 Å². The molecule has 0 amide bonds. The molecule has 1 unspecified atom stereocenters. The van der Waals surface area contributed by atoms with Gasteiger partial charge in [-0.05, 0) is 0 Å². The predicted molar refractivity (Wildman–Crippen MR) is 45.0 cm³/mol. The van der Waals surface area contributed by atoms with Gasteiger partial charge in [-0.15, -0.1) is 0 Å². The molecule has 0 aliphatic heterocycles. The molecule has 0 aromatic carbocycles. The van der Waals surface area contributed by atoms with E-state index in [0.29, 0.717) is 10.4 Å². The molecule has 1 atom stereocenters. The first-order valence-corrected chi connectivity index (χ1v) is 13.8. The van der Waals surface area contributed by atoms with Crippen molar-refractivity contribution >= 4 is 24.3 Å². The maximum absolute atomic E-state index is 10.3. The molecular weight excluding hydrogens is 235 g/mol. The summed E-state index contributed by atoms with van der Waals surface area (Å²) in [5.74, 6) is -0.654. The van der Waals surface area contributed by atoms with Gasteiger partial charge < -0.3 is 0 Å². The first-order valence-electron chi connectivity index (χ1n) is 3.56. The van der Waals surface area contributed by atoms with Crippen molar-refractivity contribution in [2.75, 3.05) is 0 Å². The summed E-state index contributed by atoms with van der Waals surface area (Å²) in [5, 5.41) is 8.48. The number of rotatable bonds is 3. The molecule has 10 heavy (non-hydrogen) atoms. The Balaban J connectivity index is 3.85. The number of carbonyl (C=O) groups is 1. The zero-order valence-corrected chi connectivity index (χ0v) is 9.99. The Kier molecular flexibility index (Phi) is 3.70. The average molecular weight is 251 g/mol. The van der Waals surface area contributed by atoms with E-state index in [1.165, 1.54) is 0 Å². The van der Waals surface area contributed by atoms with E-state index in [2.05, 4.69) is 21.7 Å². The van der Waals surface area contributed by atoms with Crippen molar-refractivity contribution in [3.05, 3.63) is 0 Å². The number of hydrogen-bond donors (Lipinski definition) is 1. The van der Waals surface area contributed by atoms with E-state index < -0.39 is 24.3 Å². The third-order valence-corrected chi connectivity index (χ3v) is 11.0. The molecule has 0 aromatic heterocycles. The monoisotopic (exact) mass is 252 g/mol. The first-order chi connectivity index (χ1) is 4.34. The van der Waals surface area contributed by atoms with E-state index >= 15 is 0 Å². The van der Waals surface area contributed by atoms with Crippen molar-refractivity contribution < 1.29 is 9.90 Å². The summed E-state index contributed by atoms with van der Waals surface area (Å²) in [5.41, 5.74) is 0. The van der Waals surface area contributed by atoms with Gasteiger partial charge in [0, 0.05) is 0 Å². The van der Waals surface area contributed by atoms with E-state index in [4.69, 9.17) is 5.11 Å². The van der Waals surface area contributed by atoms with Crippen LogP contribution in [0.25, 0.3) is 0 Å². The van der Waals surface area contributed by atoms with Crippen LogP contribution in [0.3, 0.4) is 0 Å². The molecule has 0 aliphatic rings. The van der Waals surface area contributed by atoms with Crippen molar-refractivity contribution in [2.24, 2.45) is 0 Å². The van der Waals surface area contributed by atoms with Crippen LogP contribution < -0.4 is 0 Å². The molecule has 0 spiro atoms. The Morgan fingerprint density at radius 1 is 1.50 bits per heavy atom. The zero-order chi connectivity index (χ0) is 8.36. The van der Waals surface area contributed by atoms with Gasteiger partial charge in [0.05, 0.1) is 0 Å². The van der Waals surface area contributed by atoms with Crippen LogP contribution >= 0.6 is 0 Å². The number of carboxylic acids is 1. The molecule has 2 nitrogen and oxygen atoms in total. The molecule has 0 saturated heterocycles. The Hall–Kier alpha value is 0.269. The molecular formula is C7H16O2Sn. The first kappa shape index (κ1) is 10.3. The van der Waals surface area contributed by atoms with Crippen LogP contribution in [0, 0.1) is 0 Å². The summed E-state index contributed by atoms with van der Waals surface area (Å²) in [6.45, 7) is 2.06. The van der Waals surface area contributed by atoms with Gasteiger partial charge in [0.15, 0.2) is 0 Å². The second kappa shape index (κ2) is 3.60. The minimum absolute atomic E-state index is 0.361. The van der Waals surface area contributed by atoms with Crippen LogP contribution in [0.5, 0.6) is 0 Å². The Bertz CT molecular complexity index is 126. The van der Waals surface area contributed by atoms with Crippen LogP contribution in [0.1, 0.15) is 13.3 Å². The molecule has 60 valence electrons. The average Bonchev–Trinajstić information content (AvgIpc) is 1.60. The molecule has 0 aliphatic carbocycles. The predicted octanol–water partition coefficient (Wildman–Crippen LogP) is 2.19. The van der Waals surface area contributed by atoms with Crippen molar-refractivity contribution in [2.45, 2.75) is 32.1 Å². The quantitative estimate of drug-likeness (QED) is 0.780. The van der Waals surface area contributed by atoms with E-state index in [1.54, 1.807) is 0 Å². The summed E-state index contributed by atoms with van der Waals surface area (Å²) in [6, 6.07) is 0. The van der Waals surface area contributed by atoms with Crippen molar-refractivity contribution in [3.63, 3.8) is 0 Å². The molecule has 0 radical (unpaired) electrons. The van der Waals surface area contributed by atoms with Gasteiger partial charge in [-0.25, -0.2) is 0 Å². The summed E-state index contributed by atoms with van der Waals surface area (Å²) in [7, 11) is 0. The fraction of sp³-hybridized carbons (Fsp3) is 0.857. The molecule has 3 heteroatoms. The molecule has 1 N–H and O–H groups in total. The SMILES string of the molecule is C[CH](CC(=O)O)[Sn]([CH3])([CH3])[CH3]. The van der Waals surface area contributed by atoms with Gasteiger partial charge in [0.1, 0.15) is 0 Å². The molecule has 0 saturated carbocycles. The minimum atomic E-state index is -1.88. The second-order valence-electron chi connectivity index (χ2n) is 3.86. The number of carboxylic acid groups (broad SMARTS) is 1. The van der Waals surface area contributed by atoms with Crippen molar-refractivity contribution in [3.8, 4) is 0 Å². The normalized spacial score (nSPS) is 14.8. The molecule has 0 bridgehead atoms. The Morgan fingerprint density at radius 2 is 1.90 bits per heavy atom. The van der Waals surface area contributed by atoms with E-state index in [1.807, 2.05) is 0 Å². The van der Waals surface area contributed by atoms with Gasteiger partial charge in [0.2, 0.25) is 0 Å². The summed E-state index contributed by atoms with van der Waals surface area (Å²) < 4.78 is 0.451. The van der Waals surface area contributed by atoms with Crippen LogP contribution in [0.15, 0.2) is 0 Å². The summed E-state index contributed by atoms with van der Waals surface area (Å²) in [6.07, 6.45) is 0.361. The van der Waals surface area contributed by atoms with Crippen LogP contribution in [-0.2, 0) is 4.79 Å². The third-order valence-electron chi connectivity index (χ3n) is 1.96. The van der Waals surface area contributed by atoms with Crippen LogP contribution in [0.4, 0.5) is 0 Å². The van der Waals surface area contributed by atoms with E-state index in [-0.39, 0.29) is 0 Å². The van der Waals surface area contributed by atoms with E-state index in [0.717, 1.165) is 0 Å². The fourth-order valence-electron chi connectivity index (χ4n) is 0.568. The molecule has 0 heterocycles. The topological polar surface area (TPSA) is 37.3 Å². The maximum atomic E-state index is 10.3. The molecule has 0 fully saturated rings. The van der Waals surface area contributed by atoms with Gasteiger partial charge in [-0.3, -0.25) is 0 Å². The number of aliphatic carboxylic acids is 1. The van der Waals surface area contributed by atoms with Crippen molar-refractivity contribution in [1.82, 2.24) is 0 Å². The van der Waals surface area contributed by atoms with Gasteiger partial charge in [-0.1, -0.05) is 0 Å². The molecule has 0 rings (SSSR count). The summed E-state index contributed by atoms with van der Waals surface area (Å²) in [4.78, 5) is 17.1. The fourth-order valence-corrected chi connectivity index (χ4v) is 2.81. The molecule has 0 aromatic rings. The second-order valence-corrected chi connectivity index (χ2v) is 20.2. The third kappa shape index (κ3) is 4.14. The Labute approximate surface area is 66.5 Å². The Morgan fingerprint density at radius 3 is 2.00 bits per heavy atom.